The lowest BCUT2D eigenvalue weighted by Crippen LogP contribution is -2.33. The number of urea groups is 1. The van der Waals surface area contributed by atoms with E-state index in [0.29, 0.717) is 11.3 Å². The lowest BCUT2D eigenvalue weighted by atomic mass is 10.1. The van der Waals surface area contributed by atoms with E-state index in [1.807, 2.05) is 30.3 Å². The minimum Gasteiger partial charge on any atom is -0.406 e. The Morgan fingerprint density at radius 3 is 2.43 bits per heavy atom. The van der Waals surface area contributed by atoms with Crippen molar-refractivity contribution in [3.8, 4) is 5.75 Å². The third-order valence-electron chi connectivity index (χ3n) is 5.12. The minimum atomic E-state index is -4.85. The van der Waals surface area contributed by atoms with Crippen molar-refractivity contribution in [1.82, 2.24) is 9.88 Å². The third kappa shape index (κ3) is 5.94. The summed E-state index contributed by atoms with van der Waals surface area (Å²) >= 11 is 0. The van der Waals surface area contributed by atoms with Crippen molar-refractivity contribution in [1.29, 1.82) is 0 Å². The number of aromatic nitrogens is 1. The molecule has 0 bridgehead atoms. The number of alkyl halides is 3. The van der Waals surface area contributed by atoms with E-state index in [9.17, 15) is 27.6 Å². The van der Waals surface area contributed by atoms with Gasteiger partial charge >= 0.3 is 12.4 Å². The van der Waals surface area contributed by atoms with E-state index in [0.717, 1.165) is 22.6 Å². The molecule has 0 spiro atoms. The zero-order valence-corrected chi connectivity index (χ0v) is 18.2. The lowest BCUT2D eigenvalue weighted by Gasteiger charge is -2.19. The normalized spacial score (nSPS) is 13.8. The second-order valence-corrected chi connectivity index (χ2v) is 7.65. The van der Waals surface area contributed by atoms with Gasteiger partial charge in [0.05, 0.1) is 30.5 Å². The molecule has 0 unspecified atom stereocenters. The number of carbonyl (C=O) groups is 3. The average Bonchev–Trinajstić information content (AvgIpc) is 3.08. The van der Waals surface area contributed by atoms with E-state index >= 15 is 0 Å². The van der Waals surface area contributed by atoms with Crippen LogP contribution in [0.15, 0.2) is 73.1 Å². The fourth-order valence-electron chi connectivity index (χ4n) is 3.58. The minimum absolute atomic E-state index is 0.0137. The summed E-state index contributed by atoms with van der Waals surface area (Å²) in [6.07, 6.45) is -1.74. The molecule has 0 saturated carbocycles. The third-order valence-corrected chi connectivity index (χ3v) is 5.12. The fraction of sp³-hybridized carbons (Fsp3) is 0.167. The Hall–Kier alpha value is -4.41. The number of nitrogens with one attached hydrogen (secondary N) is 1. The molecule has 1 aliphatic heterocycles. The van der Waals surface area contributed by atoms with Gasteiger partial charge in [-0.15, -0.1) is 13.2 Å². The SMILES string of the molecule is O=C(Cc1ccccc1)Nc1cnccc1CN1CC(=O)N(c2ccc(OC(F)(F)F)cc2)C1=O. The van der Waals surface area contributed by atoms with Gasteiger partial charge in [-0.2, -0.15) is 0 Å². The molecule has 4 amide bonds. The topological polar surface area (TPSA) is 91.8 Å². The van der Waals surface area contributed by atoms with Crippen molar-refractivity contribution in [2.75, 3.05) is 16.8 Å². The molecule has 1 N–H and O–H groups in total. The fourth-order valence-corrected chi connectivity index (χ4v) is 3.58. The molecule has 2 aromatic carbocycles. The number of hydrogen-bond acceptors (Lipinski definition) is 5. The highest BCUT2D eigenvalue weighted by Crippen LogP contribution is 2.28. The van der Waals surface area contributed by atoms with Crippen LogP contribution in [0.1, 0.15) is 11.1 Å². The first-order chi connectivity index (χ1) is 16.7. The van der Waals surface area contributed by atoms with Gasteiger partial charge in [-0.3, -0.25) is 14.6 Å². The molecule has 35 heavy (non-hydrogen) atoms. The lowest BCUT2D eigenvalue weighted by molar-refractivity contribution is -0.274. The average molecular weight is 484 g/mol. The molecule has 0 radical (unpaired) electrons. The van der Waals surface area contributed by atoms with Crippen molar-refractivity contribution in [3.05, 3.63) is 84.2 Å². The molecule has 0 atom stereocenters. The number of ether oxygens (including phenoxy) is 1. The number of hydrogen-bond donors (Lipinski definition) is 1. The molecule has 4 rings (SSSR count). The first kappa shape index (κ1) is 23.7. The summed E-state index contributed by atoms with van der Waals surface area (Å²) in [5, 5.41) is 2.78. The number of halogens is 3. The molecular formula is C24H19F3N4O4. The van der Waals surface area contributed by atoms with Gasteiger partial charge in [0, 0.05) is 6.20 Å². The number of benzene rings is 2. The maximum absolute atomic E-state index is 12.9. The van der Waals surface area contributed by atoms with Crippen LogP contribution in [0.3, 0.4) is 0 Å². The van der Waals surface area contributed by atoms with Gasteiger partial charge < -0.3 is 15.0 Å². The molecular weight excluding hydrogens is 465 g/mol. The summed E-state index contributed by atoms with van der Waals surface area (Å²) in [7, 11) is 0. The predicted octanol–water partition coefficient (Wildman–Crippen LogP) is 4.13. The Morgan fingerprint density at radius 1 is 1.03 bits per heavy atom. The van der Waals surface area contributed by atoms with E-state index in [4.69, 9.17) is 0 Å². The van der Waals surface area contributed by atoms with Gasteiger partial charge in [-0.25, -0.2) is 9.69 Å². The number of pyridine rings is 1. The van der Waals surface area contributed by atoms with Crippen LogP contribution in [-0.4, -0.2) is 40.6 Å². The van der Waals surface area contributed by atoms with Gasteiger partial charge in [0.1, 0.15) is 12.3 Å². The van der Waals surface area contributed by atoms with Crippen LogP contribution in [0.4, 0.5) is 29.3 Å². The number of nitrogens with zero attached hydrogens (tertiary/aromatic N) is 3. The number of amides is 4. The van der Waals surface area contributed by atoms with E-state index in [-0.39, 0.29) is 31.1 Å². The van der Waals surface area contributed by atoms with Gasteiger partial charge in [0.25, 0.3) is 5.91 Å². The van der Waals surface area contributed by atoms with Gasteiger partial charge in [0.15, 0.2) is 0 Å². The Kier molecular flexibility index (Phi) is 6.67. The van der Waals surface area contributed by atoms with Crippen LogP contribution in [-0.2, 0) is 22.6 Å². The van der Waals surface area contributed by atoms with E-state index < -0.39 is 24.1 Å². The van der Waals surface area contributed by atoms with Crippen LogP contribution < -0.4 is 15.0 Å². The summed E-state index contributed by atoms with van der Waals surface area (Å²) in [6, 6.07) is 14.6. The zero-order chi connectivity index (χ0) is 25.0. The first-order valence-corrected chi connectivity index (χ1v) is 10.4. The van der Waals surface area contributed by atoms with Crippen molar-refractivity contribution in [2.24, 2.45) is 0 Å². The maximum atomic E-state index is 12.9. The van der Waals surface area contributed by atoms with Gasteiger partial charge in [-0.1, -0.05) is 30.3 Å². The second-order valence-electron chi connectivity index (χ2n) is 7.65. The van der Waals surface area contributed by atoms with Crippen LogP contribution in [0.2, 0.25) is 0 Å². The number of carbonyl (C=O) groups excluding carboxylic acids is 3. The highest BCUT2D eigenvalue weighted by atomic mass is 19.4. The number of anilines is 2. The van der Waals surface area contributed by atoms with E-state index in [2.05, 4.69) is 15.0 Å². The number of rotatable bonds is 7. The zero-order valence-electron chi connectivity index (χ0n) is 18.2. The summed E-state index contributed by atoms with van der Waals surface area (Å²) in [5.74, 6) is -1.27. The summed E-state index contributed by atoms with van der Waals surface area (Å²) in [5.41, 5.74) is 1.92. The predicted molar refractivity (Wildman–Crippen MR) is 119 cm³/mol. The van der Waals surface area contributed by atoms with E-state index in [1.54, 1.807) is 6.07 Å². The molecule has 2 heterocycles. The maximum Gasteiger partial charge on any atom is 0.573 e. The summed E-state index contributed by atoms with van der Waals surface area (Å²) < 4.78 is 40.9. The van der Waals surface area contributed by atoms with Crippen molar-refractivity contribution < 1.29 is 32.3 Å². The van der Waals surface area contributed by atoms with Crippen molar-refractivity contribution in [2.45, 2.75) is 19.3 Å². The molecule has 1 aliphatic rings. The van der Waals surface area contributed by atoms with Crippen LogP contribution >= 0.6 is 0 Å². The van der Waals surface area contributed by atoms with Gasteiger partial charge in [-0.05, 0) is 41.5 Å². The quantitative estimate of drug-likeness (QED) is 0.510. The molecule has 1 saturated heterocycles. The molecule has 180 valence electrons. The van der Waals surface area contributed by atoms with Crippen molar-refractivity contribution in [3.63, 3.8) is 0 Å². The Labute approximate surface area is 197 Å². The molecule has 1 aromatic heterocycles. The van der Waals surface area contributed by atoms with Crippen LogP contribution in [0, 0.1) is 0 Å². The highest BCUT2D eigenvalue weighted by Gasteiger charge is 2.37. The highest BCUT2D eigenvalue weighted by molar-refractivity contribution is 6.19. The van der Waals surface area contributed by atoms with Crippen molar-refractivity contribution >= 4 is 29.2 Å². The molecule has 8 nitrogen and oxygen atoms in total. The molecule has 1 fully saturated rings. The van der Waals surface area contributed by atoms with Gasteiger partial charge in [0.2, 0.25) is 5.91 Å². The Bertz CT molecular complexity index is 1230. The second kappa shape index (κ2) is 9.84. The van der Waals surface area contributed by atoms with E-state index in [1.165, 1.54) is 29.4 Å². The Morgan fingerprint density at radius 2 is 1.74 bits per heavy atom. The monoisotopic (exact) mass is 484 g/mol. The Balaban J connectivity index is 1.44. The molecule has 3 aromatic rings. The summed E-state index contributed by atoms with van der Waals surface area (Å²) in [6.45, 7) is -0.223. The summed E-state index contributed by atoms with van der Waals surface area (Å²) in [4.78, 5) is 44.1. The smallest absolute Gasteiger partial charge is 0.406 e. The molecule has 0 aliphatic carbocycles. The number of imide groups is 1. The van der Waals surface area contributed by atoms with Crippen LogP contribution in [0.25, 0.3) is 0 Å². The largest absolute Gasteiger partial charge is 0.573 e. The van der Waals surface area contributed by atoms with Crippen LogP contribution in [0.5, 0.6) is 5.75 Å². The molecule has 11 heteroatoms. The standard InChI is InChI=1S/C24H19F3N4O4/c25-24(26,27)35-19-8-6-18(7-9-19)31-22(33)15-30(23(31)34)14-17-10-11-28-13-20(17)29-21(32)12-16-4-2-1-3-5-16/h1-11,13H,12,14-15H2,(H,29,32). The first-order valence-electron chi connectivity index (χ1n) is 10.4.